The molecule has 0 bridgehead atoms. The van der Waals surface area contributed by atoms with E-state index in [0.29, 0.717) is 18.1 Å². The summed E-state index contributed by atoms with van der Waals surface area (Å²) >= 11 is 5.87. The molecule has 0 aromatic carbocycles. The van der Waals surface area contributed by atoms with E-state index in [4.69, 9.17) is 16.3 Å². The van der Waals surface area contributed by atoms with Crippen molar-refractivity contribution in [3.8, 4) is 0 Å². The topological polar surface area (TPSA) is 59.5 Å². The fraction of sp³-hybridized carbons (Fsp3) is 0.556. The van der Waals surface area contributed by atoms with Crippen molar-refractivity contribution in [3.63, 3.8) is 0 Å². The summed E-state index contributed by atoms with van der Waals surface area (Å²) in [6.07, 6.45) is 1.81. The summed E-state index contributed by atoms with van der Waals surface area (Å²) in [7, 11) is 0. The number of carbonyl (C=O) groups is 1. The average molecular weight is 230 g/mol. The number of rotatable bonds is 4. The standard InChI is InChI=1S/C9H12ClN3O2/c1-2-13-4-7(10)8(12-13)9(14)11-3-6-5-15-6/h4,6H,2-3,5H2,1H3,(H,11,14)/t6-/m0/s1. The first kappa shape index (κ1) is 10.4. The predicted molar refractivity (Wildman–Crippen MR) is 55.0 cm³/mol. The van der Waals surface area contributed by atoms with Crippen molar-refractivity contribution in [2.45, 2.75) is 19.6 Å². The number of epoxide rings is 1. The van der Waals surface area contributed by atoms with Crippen LogP contribution in [0.5, 0.6) is 0 Å². The molecule has 0 radical (unpaired) electrons. The third-order valence-electron chi connectivity index (χ3n) is 2.15. The first-order valence-corrected chi connectivity index (χ1v) is 5.21. The number of halogens is 1. The Morgan fingerprint density at radius 3 is 3.13 bits per heavy atom. The molecule has 6 heteroatoms. The monoisotopic (exact) mass is 229 g/mol. The highest BCUT2D eigenvalue weighted by Gasteiger charge is 2.24. The molecule has 2 heterocycles. The van der Waals surface area contributed by atoms with Gasteiger partial charge in [0.1, 0.15) is 0 Å². The van der Waals surface area contributed by atoms with E-state index >= 15 is 0 Å². The van der Waals surface area contributed by atoms with E-state index in [2.05, 4.69) is 10.4 Å². The van der Waals surface area contributed by atoms with Crippen LogP contribution in [0.2, 0.25) is 5.02 Å². The van der Waals surface area contributed by atoms with Gasteiger partial charge in [0.05, 0.1) is 17.7 Å². The summed E-state index contributed by atoms with van der Waals surface area (Å²) < 4.78 is 6.61. The van der Waals surface area contributed by atoms with E-state index in [-0.39, 0.29) is 17.7 Å². The lowest BCUT2D eigenvalue weighted by molar-refractivity contribution is 0.0944. The number of hydrogen-bond acceptors (Lipinski definition) is 3. The molecular weight excluding hydrogens is 218 g/mol. The Morgan fingerprint density at radius 2 is 2.60 bits per heavy atom. The molecule has 1 saturated heterocycles. The smallest absolute Gasteiger partial charge is 0.273 e. The maximum atomic E-state index is 11.6. The summed E-state index contributed by atoms with van der Waals surface area (Å²) in [6, 6.07) is 0. The summed E-state index contributed by atoms with van der Waals surface area (Å²) in [6.45, 7) is 3.87. The zero-order chi connectivity index (χ0) is 10.8. The van der Waals surface area contributed by atoms with Crippen molar-refractivity contribution in [1.29, 1.82) is 0 Å². The first-order chi connectivity index (χ1) is 7.20. The number of amides is 1. The predicted octanol–water partition coefficient (Wildman–Crippen LogP) is 0.685. The Morgan fingerprint density at radius 1 is 1.87 bits per heavy atom. The van der Waals surface area contributed by atoms with Crippen LogP contribution in [0, 0.1) is 0 Å². The summed E-state index contributed by atoms with van der Waals surface area (Å²) in [5.41, 5.74) is 0.277. The van der Waals surface area contributed by atoms with Crippen LogP contribution in [-0.2, 0) is 11.3 Å². The van der Waals surface area contributed by atoms with Gasteiger partial charge in [-0.1, -0.05) is 11.6 Å². The molecule has 1 aliphatic rings. The molecule has 1 fully saturated rings. The van der Waals surface area contributed by atoms with Gasteiger partial charge in [-0.05, 0) is 6.92 Å². The second-order valence-electron chi connectivity index (χ2n) is 3.35. The second kappa shape index (κ2) is 4.20. The third-order valence-corrected chi connectivity index (χ3v) is 2.43. The van der Waals surface area contributed by atoms with Crippen LogP contribution in [0.3, 0.4) is 0 Å². The molecule has 1 aliphatic heterocycles. The van der Waals surface area contributed by atoms with Crippen LogP contribution in [0.25, 0.3) is 0 Å². The molecule has 2 rings (SSSR count). The number of aromatic nitrogens is 2. The van der Waals surface area contributed by atoms with E-state index in [9.17, 15) is 4.79 Å². The van der Waals surface area contributed by atoms with Crippen molar-refractivity contribution in [2.75, 3.05) is 13.2 Å². The van der Waals surface area contributed by atoms with Gasteiger partial charge in [-0.2, -0.15) is 5.10 Å². The van der Waals surface area contributed by atoms with Gasteiger partial charge in [0.25, 0.3) is 5.91 Å². The molecule has 1 atom stereocenters. The van der Waals surface area contributed by atoms with Crippen molar-refractivity contribution in [2.24, 2.45) is 0 Å². The van der Waals surface area contributed by atoms with Crippen LogP contribution < -0.4 is 5.32 Å². The zero-order valence-electron chi connectivity index (χ0n) is 8.36. The number of hydrogen-bond donors (Lipinski definition) is 1. The molecule has 82 valence electrons. The minimum absolute atomic E-state index is 0.168. The quantitative estimate of drug-likeness (QED) is 0.773. The number of nitrogens with zero attached hydrogens (tertiary/aromatic N) is 2. The lowest BCUT2D eigenvalue weighted by atomic mass is 10.4. The second-order valence-corrected chi connectivity index (χ2v) is 3.75. The van der Waals surface area contributed by atoms with E-state index in [1.165, 1.54) is 0 Å². The fourth-order valence-corrected chi connectivity index (χ4v) is 1.43. The maximum absolute atomic E-state index is 11.6. The van der Waals surface area contributed by atoms with E-state index in [1.54, 1.807) is 10.9 Å². The number of carbonyl (C=O) groups excluding carboxylic acids is 1. The van der Waals surface area contributed by atoms with Gasteiger partial charge >= 0.3 is 0 Å². The molecule has 0 saturated carbocycles. The first-order valence-electron chi connectivity index (χ1n) is 4.83. The van der Waals surface area contributed by atoms with E-state index in [1.807, 2.05) is 6.92 Å². The Kier molecular flexibility index (Phi) is 2.93. The highest BCUT2D eigenvalue weighted by atomic mass is 35.5. The SMILES string of the molecule is CCn1cc(Cl)c(C(=O)NC[C@H]2CO2)n1. The molecule has 1 aromatic rings. The fourth-order valence-electron chi connectivity index (χ4n) is 1.19. The van der Waals surface area contributed by atoms with Gasteiger partial charge in [-0.15, -0.1) is 0 Å². The highest BCUT2D eigenvalue weighted by Crippen LogP contribution is 2.14. The molecule has 0 spiro atoms. The highest BCUT2D eigenvalue weighted by molar-refractivity contribution is 6.33. The lowest BCUT2D eigenvalue weighted by Gasteiger charge is -1.99. The Balaban J connectivity index is 1.99. The minimum atomic E-state index is -0.247. The Labute approximate surface area is 92.4 Å². The molecule has 0 unspecified atom stereocenters. The molecule has 1 N–H and O–H groups in total. The molecule has 1 aromatic heterocycles. The molecule has 0 aliphatic carbocycles. The van der Waals surface area contributed by atoms with Gasteiger partial charge in [0, 0.05) is 19.3 Å². The summed E-state index contributed by atoms with van der Waals surface area (Å²) in [5, 5.41) is 7.15. The molecule has 5 nitrogen and oxygen atoms in total. The zero-order valence-corrected chi connectivity index (χ0v) is 9.12. The van der Waals surface area contributed by atoms with E-state index in [0.717, 1.165) is 6.61 Å². The van der Waals surface area contributed by atoms with Gasteiger partial charge in [-0.3, -0.25) is 9.48 Å². The third kappa shape index (κ3) is 2.49. The summed E-state index contributed by atoms with van der Waals surface area (Å²) in [5.74, 6) is -0.247. The molecular formula is C9H12ClN3O2. The van der Waals surface area contributed by atoms with Crippen molar-refractivity contribution in [3.05, 3.63) is 16.9 Å². The van der Waals surface area contributed by atoms with E-state index < -0.39 is 0 Å². The van der Waals surface area contributed by atoms with Crippen LogP contribution in [0.4, 0.5) is 0 Å². The van der Waals surface area contributed by atoms with Gasteiger partial charge in [-0.25, -0.2) is 0 Å². The Hall–Kier alpha value is -1.07. The van der Waals surface area contributed by atoms with Crippen LogP contribution in [-0.4, -0.2) is 34.9 Å². The minimum Gasteiger partial charge on any atom is -0.371 e. The summed E-state index contributed by atoms with van der Waals surface area (Å²) in [4.78, 5) is 11.6. The Bertz CT molecular complexity index is 373. The van der Waals surface area contributed by atoms with Gasteiger partial charge in [0.2, 0.25) is 0 Å². The van der Waals surface area contributed by atoms with Crippen molar-refractivity contribution < 1.29 is 9.53 Å². The van der Waals surface area contributed by atoms with Crippen molar-refractivity contribution in [1.82, 2.24) is 15.1 Å². The molecule has 15 heavy (non-hydrogen) atoms. The van der Waals surface area contributed by atoms with Crippen LogP contribution >= 0.6 is 11.6 Å². The van der Waals surface area contributed by atoms with Gasteiger partial charge < -0.3 is 10.1 Å². The lowest BCUT2D eigenvalue weighted by Crippen LogP contribution is -2.28. The largest absolute Gasteiger partial charge is 0.371 e. The van der Waals surface area contributed by atoms with Crippen molar-refractivity contribution >= 4 is 17.5 Å². The molecule has 1 amide bonds. The maximum Gasteiger partial charge on any atom is 0.273 e. The average Bonchev–Trinajstić information content (AvgIpc) is 2.97. The van der Waals surface area contributed by atoms with Crippen LogP contribution in [0.15, 0.2) is 6.20 Å². The van der Waals surface area contributed by atoms with Crippen LogP contribution in [0.1, 0.15) is 17.4 Å². The van der Waals surface area contributed by atoms with Gasteiger partial charge in [0.15, 0.2) is 5.69 Å². The number of nitrogens with one attached hydrogen (secondary N) is 1. The normalized spacial score (nSPS) is 18.9. The number of ether oxygens (including phenoxy) is 1. The number of aryl methyl sites for hydroxylation is 1.